The summed E-state index contributed by atoms with van der Waals surface area (Å²) in [6.45, 7) is 0. The summed E-state index contributed by atoms with van der Waals surface area (Å²) in [5.41, 5.74) is -1.15. The van der Waals surface area contributed by atoms with Crippen LogP contribution in [0.4, 0.5) is 13.2 Å². The van der Waals surface area contributed by atoms with Gasteiger partial charge in [-0.3, -0.25) is 0 Å². The fourth-order valence-corrected chi connectivity index (χ4v) is 0.795. The summed E-state index contributed by atoms with van der Waals surface area (Å²) in [7, 11) is 0. The Kier molecular flexibility index (Phi) is 4.00. The lowest BCUT2D eigenvalue weighted by atomic mass is 10.1. The molecule has 6 heteroatoms. The van der Waals surface area contributed by atoms with Crippen molar-refractivity contribution in [2.45, 2.75) is 6.18 Å². The van der Waals surface area contributed by atoms with Gasteiger partial charge < -0.3 is 0 Å². The Bertz CT molecular complexity index is 318. The van der Waals surface area contributed by atoms with Gasteiger partial charge in [0.05, 0.1) is 11.1 Å². The molecule has 14 heavy (non-hydrogen) atoms. The van der Waals surface area contributed by atoms with Crippen molar-refractivity contribution >= 4 is 19.5 Å². The number of hydrogen-bond donors (Lipinski definition) is 0. The smallest absolute Gasteiger partial charge is 0.242 e. The highest BCUT2D eigenvalue weighted by molar-refractivity contribution is 7.59. The zero-order chi connectivity index (χ0) is 10.1. The van der Waals surface area contributed by atoms with Crippen molar-refractivity contribution in [3.8, 4) is 0 Å². The second-order valence-electron chi connectivity index (χ2n) is 2.36. The third-order valence-corrected chi connectivity index (χ3v) is 1.45. The molecule has 0 aliphatic rings. The van der Waals surface area contributed by atoms with Crippen LogP contribution in [0.3, 0.4) is 0 Å². The van der Waals surface area contributed by atoms with Gasteiger partial charge >= 0.3 is 12.1 Å². The minimum atomic E-state index is -4.44. The lowest BCUT2D eigenvalue weighted by Crippen LogP contribution is -2.05. The van der Waals surface area contributed by atoms with Gasteiger partial charge in [-0.05, 0) is 24.3 Å². The van der Waals surface area contributed by atoms with E-state index in [2.05, 4.69) is 0 Å². The van der Waals surface area contributed by atoms with Gasteiger partial charge in [0.15, 0.2) is 0 Å². The second-order valence-corrected chi connectivity index (χ2v) is 2.36. The van der Waals surface area contributed by atoms with Gasteiger partial charge in [0.1, 0.15) is 0 Å². The Morgan fingerprint density at radius 1 is 1.07 bits per heavy atom. The summed E-state index contributed by atoms with van der Waals surface area (Å²) in [6, 6.07) is 3.12. The van der Waals surface area contributed by atoms with Crippen LogP contribution in [0.2, 0.25) is 0 Å². The molecule has 0 aliphatic carbocycles. The first-order valence-corrected chi connectivity index (χ1v) is 3.30. The van der Waals surface area contributed by atoms with E-state index in [1.165, 1.54) is 0 Å². The number of alkyl halides is 3. The summed E-state index contributed by atoms with van der Waals surface area (Å²) in [6.07, 6.45) is -4.44. The Balaban J connectivity index is 0.00000169. The van der Waals surface area contributed by atoms with Crippen LogP contribution < -0.4 is 0 Å². The molecule has 1 aromatic rings. The summed E-state index contributed by atoms with van der Waals surface area (Å²) >= 11 is 0. The molecule has 0 unspecified atom stereocenters. The molecular formula is C8H6F3O2S. The third kappa shape index (κ3) is 2.95. The second kappa shape index (κ2) is 4.36. The van der Waals surface area contributed by atoms with Crippen molar-refractivity contribution < 1.29 is 23.1 Å². The molecule has 0 saturated heterocycles. The molecule has 0 bridgehead atoms. The van der Waals surface area contributed by atoms with Crippen molar-refractivity contribution in [3.05, 3.63) is 35.4 Å². The number of hydrogen-bond acceptors (Lipinski definition) is 1. The maximum absolute atomic E-state index is 12.0. The summed E-state index contributed by atoms with van der Waals surface area (Å²) in [5, 5.41) is 10.2. The maximum Gasteiger partial charge on any atom is 0.416 e. The van der Waals surface area contributed by atoms with Gasteiger partial charge in [0, 0.05) is 0 Å². The molecule has 0 fully saturated rings. The lowest BCUT2D eigenvalue weighted by molar-refractivity contribution is -0.137. The van der Waals surface area contributed by atoms with Crippen LogP contribution in [0.5, 0.6) is 0 Å². The molecule has 0 spiro atoms. The molecule has 0 saturated carbocycles. The summed E-state index contributed by atoms with van der Waals surface area (Å²) in [4.78, 5) is 10.2. The highest BCUT2D eigenvalue weighted by atomic mass is 32.1. The average molecular weight is 223 g/mol. The zero-order valence-corrected chi connectivity index (χ0v) is 7.76. The van der Waals surface area contributed by atoms with Gasteiger partial charge in [-0.2, -0.15) is 26.7 Å². The lowest BCUT2D eigenvalue weighted by Gasteiger charge is -2.05. The first-order valence-electron chi connectivity index (χ1n) is 3.30. The minimum absolute atomic E-state index is 0. The number of carbonyl (C=O) groups excluding carboxylic acids is 1. The maximum atomic E-state index is 12.0. The van der Waals surface area contributed by atoms with Gasteiger partial charge in [-0.25, -0.2) is 9.90 Å². The number of carbonyl (C=O) groups is 1. The molecule has 1 aromatic carbocycles. The van der Waals surface area contributed by atoms with Crippen LogP contribution in [0.25, 0.3) is 0 Å². The zero-order valence-electron chi connectivity index (χ0n) is 6.76. The minimum Gasteiger partial charge on any atom is -0.242 e. The average Bonchev–Trinajstić information content (AvgIpc) is 2.03. The normalized spacial score (nSPS) is 10.5. The van der Waals surface area contributed by atoms with E-state index in [9.17, 15) is 23.1 Å². The highest BCUT2D eigenvalue weighted by Crippen LogP contribution is 2.28. The van der Waals surface area contributed by atoms with E-state index in [0.29, 0.717) is 12.1 Å². The quantitative estimate of drug-likeness (QED) is 0.720. The molecule has 1 radical (unpaired) electrons. The molecule has 0 N–H and O–H groups in total. The monoisotopic (exact) mass is 223 g/mol. The van der Waals surface area contributed by atoms with Gasteiger partial charge in [-0.15, -0.1) is 0 Å². The van der Waals surface area contributed by atoms with Crippen LogP contribution in [-0.4, -0.2) is 5.97 Å². The predicted molar refractivity (Wildman–Crippen MR) is 46.8 cm³/mol. The molecule has 0 aromatic heterocycles. The Hall–Kier alpha value is -1.17. The highest BCUT2D eigenvalue weighted by Gasteiger charge is 2.30. The summed E-state index contributed by atoms with van der Waals surface area (Å²) in [5.74, 6) is -1.49. The molecule has 0 amide bonds. The van der Waals surface area contributed by atoms with E-state index in [1.807, 2.05) is 0 Å². The van der Waals surface area contributed by atoms with E-state index in [1.54, 1.807) is 0 Å². The van der Waals surface area contributed by atoms with Crippen LogP contribution in [0.15, 0.2) is 24.3 Å². The van der Waals surface area contributed by atoms with Crippen LogP contribution in [-0.2, 0) is 11.3 Å². The predicted octanol–water partition coefficient (Wildman–Crippen LogP) is 2.39. The largest absolute Gasteiger partial charge is 0.416 e. The van der Waals surface area contributed by atoms with E-state index in [-0.39, 0.29) is 19.1 Å². The standard InChI is InChI=1S/C8H4F3O2.H2S/c9-8(10,11)6-3-1-5(2-4-6)7(12)13;/h1-4H;1H2. The Morgan fingerprint density at radius 3 is 1.79 bits per heavy atom. The Labute approximate surface area is 84.8 Å². The van der Waals surface area contributed by atoms with Gasteiger partial charge in [-0.1, -0.05) is 0 Å². The molecule has 0 heterocycles. The molecular weight excluding hydrogens is 217 g/mol. The van der Waals surface area contributed by atoms with E-state index < -0.39 is 17.7 Å². The van der Waals surface area contributed by atoms with Crippen molar-refractivity contribution in [3.63, 3.8) is 0 Å². The van der Waals surface area contributed by atoms with Crippen LogP contribution >= 0.6 is 13.5 Å². The number of rotatable bonds is 1. The molecule has 77 valence electrons. The summed E-state index contributed by atoms with van der Waals surface area (Å²) < 4.78 is 35.9. The van der Waals surface area contributed by atoms with Crippen molar-refractivity contribution in [2.24, 2.45) is 0 Å². The van der Waals surface area contributed by atoms with Crippen molar-refractivity contribution in [1.29, 1.82) is 0 Å². The first-order chi connectivity index (χ1) is 5.91. The molecule has 0 atom stereocenters. The molecule has 2 nitrogen and oxygen atoms in total. The fraction of sp³-hybridized carbons (Fsp3) is 0.125. The number of halogens is 3. The van der Waals surface area contributed by atoms with Gasteiger partial charge in [0.25, 0.3) is 0 Å². The van der Waals surface area contributed by atoms with Crippen molar-refractivity contribution in [2.75, 3.05) is 0 Å². The SMILES string of the molecule is S.[O]C(=O)c1ccc(C(F)(F)F)cc1. The Morgan fingerprint density at radius 2 is 1.50 bits per heavy atom. The van der Waals surface area contributed by atoms with E-state index in [0.717, 1.165) is 12.1 Å². The number of benzene rings is 1. The fourth-order valence-electron chi connectivity index (χ4n) is 0.795. The van der Waals surface area contributed by atoms with Crippen LogP contribution in [0.1, 0.15) is 15.9 Å². The molecule has 0 aliphatic heterocycles. The van der Waals surface area contributed by atoms with Crippen molar-refractivity contribution in [1.82, 2.24) is 0 Å². The van der Waals surface area contributed by atoms with E-state index in [4.69, 9.17) is 0 Å². The molecule has 1 rings (SSSR count). The van der Waals surface area contributed by atoms with Crippen LogP contribution in [0, 0.1) is 0 Å². The van der Waals surface area contributed by atoms with E-state index >= 15 is 0 Å². The first kappa shape index (κ1) is 12.8. The van der Waals surface area contributed by atoms with Gasteiger partial charge in [0.2, 0.25) is 0 Å². The topological polar surface area (TPSA) is 37.0 Å². The third-order valence-electron chi connectivity index (χ3n) is 1.45.